The maximum Gasteiger partial charge on any atom is 0.265 e. The average Bonchev–Trinajstić information content (AvgIpc) is 3.39. The molecule has 1 amide bonds. The maximum atomic E-state index is 13.2. The number of hydrogen-bond acceptors (Lipinski definition) is 6. The van der Waals surface area contributed by atoms with Gasteiger partial charge in [0.1, 0.15) is 5.39 Å². The van der Waals surface area contributed by atoms with Crippen LogP contribution in [0, 0.1) is 0 Å². The second-order valence-corrected chi connectivity index (χ2v) is 7.99. The van der Waals surface area contributed by atoms with Crippen molar-refractivity contribution >= 4 is 28.7 Å². The van der Waals surface area contributed by atoms with E-state index in [0.717, 1.165) is 11.3 Å². The highest BCUT2D eigenvalue weighted by atomic mass is 32.2. The van der Waals surface area contributed by atoms with Crippen molar-refractivity contribution in [2.24, 2.45) is 0 Å². The highest BCUT2D eigenvalue weighted by molar-refractivity contribution is 7.99. The predicted octanol–water partition coefficient (Wildman–Crippen LogP) is 2.33. The average molecular weight is 418 g/mol. The number of amides is 1. The summed E-state index contributed by atoms with van der Waals surface area (Å²) in [6.45, 7) is 0.412. The third kappa shape index (κ3) is 3.37. The van der Waals surface area contributed by atoms with Crippen molar-refractivity contribution in [2.45, 2.75) is 24.2 Å². The van der Waals surface area contributed by atoms with Crippen molar-refractivity contribution in [1.29, 1.82) is 0 Å². The molecule has 30 heavy (non-hydrogen) atoms. The Hall–Kier alpha value is -3.46. The summed E-state index contributed by atoms with van der Waals surface area (Å²) in [7, 11) is 0. The van der Waals surface area contributed by atoms with Crippen LogP contribution in [0.1, 0.15) is 18.0 Å². The second-order valence-electron chi connectivity index (χ2n) is 7.01. The molecule has 1 N–H and O–H groups in total. The smallest absolute Gasteiger partial charge is 0.265 e. The zero-order valence-corrected chi connectivity index (χ0v) is 16.7. The fourth-order valence-electron chi connectivity index (χ4n) is 3.53. The van der Waals surface area contributed by atoms with Crippen LogP contribution in [0.25, 0.3) is 16.7 Å². The van der Waals surface area contributed by atoms with Gasteiger partial charge in [0.05, 0.1) is 17.9 Å². The van der Waals surface area contributed by atoms with Gasteiger partial charge in [0.2, 0.25) is 5.91 Å². The fraction of sp³-hybridized carbons (Fsp3) is 0.190. The van der Waals surface area contributed by atoms with Gasteiger partial charge in [-0.25, -0.2) is 9.67 Å². The van der Waals surface area contributed by atoms with E-state index in [1.54, 1.807) is 27.8 Å². The quantitative estimate of drug-likeness (QED) is 0.500. The molecule has 4 heterocycles. The van der Waals surface area contributed by atoms with Gasteiger partial charge in [-0.1, -0.05) is 36.0 Å². The van der Waals surface area contributed by atoms with Crippen LogP contribution >= 0.6 is 11.8 Å². The first-order valence-corrected chi connectivity index (χ1v) is 10.5. The van der Waals surface area contributed by atoms with Crippen LogP contribution in [0.3, 0.4) is 0 Å². The number of pyridine rings is 1. The lowest BCUT2D eigenvalue weighted by Gasteiger charge is -2.13. The van der Waals surface area contributed by atoms with E-state index >= 15 is 0 Å². The van der Waals surface area contributed by atoms with Crippen LogP contribution in [0.15, 0.2) is 71.0 Å². The Morgan fingerprint density at radius 3 is 2.83 bits per heavy atom. The first kappa shape index (κ1) is 18.6. The van der Waals surface area contributed by atoms with Crippen molar-refractivity contribution in [3.8, 4) is 5.69 Å². The normalized spacial score (nSPS) is 15.3. The Morgan fingerprint density at radius 1 is 1.17 bits per heavy atom. The molecule has 0 saturated heterocycles. The predicted molar refractivity (Wildman–Crippen MR) is 114 cm³/mol. The topological polar surface area (TPSA) is 94.7 Å². The monoisotopic (exact) mass is 418 g/mol. The van der Waals surface area contributed by atoms with E-state index in [4.69, 9.17) is 4.98 Å². The van der Waals surface area contributed by atoms with Crippen molar-refractivity contribution in [2.75, 3.05) is 5.75 Å². The van der Waals surface area contributed by atoms with Crippen molar-refractivity contribution in [3.63, 3.8) is 0 Å². The molecule has 8 nitrogen and oxygen atoms in total. The number of fused-ring (bicyclic) bond motifs is 2. The zero-order valence-electron chi connectivity index (χ0n) is 15.9. The summed E-state index contributed by atoms with van der Waals surface area (Å²) in [6, 6.07) is 13.1. The number of nitrogens with one attached hydrogen (secondary N) is 1. The molecule has 0 bridgehead atoms. The lowest BCUT2D eigenvalue weighted by molar-refractivity contribution is -0.121. The number of aromatic nitrogens is 5. The van der Waals surface area contributed by atoms with Gasteiger partial charge in [-0.3, -0.25) is 19.1 Å². The third-order valence-corrected chi connectivity index (χ3v) is 6.10. The van der Waals surface area contributed by atoms with Crippen LogP contribution in [0.4, 0.5) is 0 Å². The summed E-state index contributed by atoms with van der Waals surface area (Å²) in [6.07, 6.45) is 5.18. The fourth-order valence-corrected chi connectivity index (χ4v) is 4.66. The molecule has 150 valence electrons. The molecule has 0 spiro atoms. The molecular formula is C21H18N6O2S. The van der Waals surface area contributed by atoms with Gasteiger partial charge >= 0.3 is 0 Å². The summed E-state index contributed by atoms with van der Waals surface area (Å²) in [5, 5.41) is 8.33. The molecule has 0 radical (unpaired) electrons. The molecule has 5 rings (SSSR count). The van der Waals surface area contributed by atoms with Crippen LogP contribution in [-0.2, 0) is 11.3 Å². The first-order valence-electron chi connectivity index (χ1n) is 9.55. The van der Waals surface area contributed by atoms with Gasteiger partial charge in [0, 0.05) is 31.1 Å². The van der Waals surface area contributed by atoms with Gasteiger partial charge in [-0.2, -0.15) is 5.10 Å². The number of hydrogen-bond donors (Lipinski definition) is 1. The second kappa shape index (κ2) is 7.75. The maximum absolute atomic E-state index is 13.2. The Bertz CT molecular complexity index is 1270. The Kier molecular flexibility index (Phi) is 4.80. The van der Waals surface area contributed by atoms with Gasteiger partial charge in [-0.05, 0) is 23.8 Å². The minimum atomic E-state index is -0.233. The van der Waals surface area contributed by atoms with E-state index < -0.39 is 0 Å². The van der Waals surface area contributed by atoms with Gasteiger partial charge < -0.3 is 5.32 Å². The lowest BCUT2D eigenvalue weighted by Crippen LogP contribution is -2.30. The number of benzene rings is 1. The molecule has 1 atom stereocenters. The third-order valence-electron chi connectivity index (χ3n) is 5.00. The van der Waals surface area contributed by atoms with Gasteiger partial charge in [-0.15, -0.1) is 0 Å². The van der Waals surface area contributed by atoms with Crippen LogP contribution in [0.5, 0.6) is 0 Å². The standard InChI is InChI=1S/C21H18N6O2S/c28-18(23-11-14-5-4-8-22-10-14)9-16-13-30-21-25-19-17(20(29)26(16)21)12-24-27(19)15-6-2-1-3-7-15/h1-8,10,12,16H,9,11,13H2,(H,23,28). The van der Waals surface area contributed by atoms with Crippen LogP contribution in [0.2, 0.25) is 0 Å². The summed E-state index contributed by atoms with van der Waals surface area (Å²) >= 11 is 1.49. The summed E-state index contributed by atoms with van der Waals surface area (Å²) in [4.78, 5) is 34.3. The number of carbonyl (C=O) groups is 1. The Morgan fingerprint density at radius 2 is 2.03 bits per heavy atom. The SMILES string of the molecule is O=C(CC1CSc2nc3c(cnn3-c3ccccc3)c(=O)n21)NCc1cccnc1. The minimum Gasteiger partial charge on any atom is -0.352 e. The van der Waals surface area contributed by atoms with E-state index in [1.807, 2.05) is 42.5 Å². The number of carbonyl (C=O) groups excluding carboxylic acids is 1. The van der Waals surface area contributed by atoms with Crippen LogP contribution < -0.4 is 10.9 Å². The molecule has 0 fully saturated rings. The van der Waals surface area contributed by atoms with Crippen molar-refractivity contribution in [1.82, 2.24) is 29.6 Å². The highest BCUT2D eigenvalue weighted by Crippen LogP contribution is 2.33. The number of para-hydroxylation sites is 1. The zero-order chi connectivity index (χ0) is 20.5. The van der Waals surface area contributed by atoms with Gasteiger partial charge in [0.15, 0.2) is 10.8 Å². The van der Waals surface area contributed by atoms with Gasteiger partial charge in [0.25, 0.3) is 5.56 Å². The number of nitrogens with zero attached hydrogens (tertiary/aromatic N) is 5. The molecule has 1 unspecified atom stereocenters. The molecule has 0 aliphatic carbocycles. The molecule has 3 aromatic heterocycles. The largest absolute Gasteiger partial charge is 0.352 e. The molecule has 9 heteroatoms. The van der Waals surface area contributed by atoms with E-state index in [9.17, 15) is 9.59 Å². The highest BCUT2D eigenvalue weighted by Gasteiger charge is 2.29. The van der Waals surface area contributed by atoms with E-state index in [1.165, 1.54) is 11.8 Å². The van der Waals surface area contributed by atoms with E-state index in [0.29, 0.717) is 28.5 Å². The lowest BCUT2D eigenvalue weighted by atomic mass is 10.2. The number of thioether (sulfide) groups is 1. The van der Waals surface area contributed by atoms with Crippen LogP contribution in [-0.4, -0.2) is 36.0 Å². The Labute approximate surface area is 176 Å². The summed E-state index contributed by atoms with van der Waals surface area (Å²) in [5.74, 6) is 0.526. The molecule has 4 aromatic rings. The number of rotatable bonds is 5. The first-order chi connectivity index (χ1) is 14.7. The van der Waals surface area contributed by atoms with E-state index in [-0.39, 0.29) is 23.9 Å². The van der Waals surface area contributed by atoms with E-state index in [2.05, 4.69) is 15.4 Å². The molecule has 1 aliphatic heterocycles. The molecule has 1 aliphatic rings. The van der Waals surface area contributed by atoms with Crippen molar-refractivity contribution < 1.29 is 4.79 Å². The summed E-state index contributed by atoms with van der Waals surface area (Å²) < 4.78 is 3.31. The molecular weight excluding hydrogens is 400 g/mol. The molecule has 1 aromatic carbocycles. The Balaban J connectivity index is 1.39. The minimum absolute atomic E-state index is 0.107. The molecule has 0 saturated carbocycles. The van der Waals surface area contributed by atoms with Crippen molar-refractivity contribution in [3.05, 3.63) is 77.0 Å². The summed E-state index contributed by atoms with van der Waals surface area (Å²) in [5.41, 5.74) is 2.15.